The Balaban J connectivity index is 2.45. The highest BCUT2D eigenvalue weighted by Crippen LogP contribution is 2.33. The van der Waals surface area contributed by atoms with Crippen molar-refractivity contribution in [2.24, 2.45) is 0 Å². The summed E-state index contributed by atoms with van der Waals surface area (Å²) in [5.74, 6) is 2.66. The van der Waals surface area contributed by atoms with E-state index in [4.69, 9.17) is 10.3 Å². The van der Waals surface area contributed by atoms with Gasteiger partial charge in [0.25, 0.3) is 0 Å². The van der Waals surface area contributed by atoms with Gasteiger partial charge in [0, 0.05) is 6.42 Å². The molecule has 0 atom stereocenters. The number of aryl methyl sites for hydroxylation is 1. The molecular weight excluding hydrogens is 148 g/mol. The van der Waals surface area contributed by atoms with Gasteiger partial charge in [-0.15, -0.1) is 11.8 Å². The van der Waals surface area contributed by atoms with Crippen molar-refractivity contribution in [2.45, 2.75) is 17.7 Å². The van der Waals surface area contributed by atoms with Gasteiger partial charge in [-0.1, -0.05) is 5.16 Å². The van der Waals surface area contributed by atoms with Crippen LogP contribution in [0.1, 0.15) is 12.2 Å². The van der Waals surface area contributed by atoms with Crippen molar-refractivity contribution < 1.29 is 4.52 Å². The summed E-state index contributed by atoms with van der Waals surface area (Å²) in [6.07, 6.45) is 2.17. The quantitative estimate of drug-likeness (QED) is 0.615. The van der Waals surface area contributed by atoms with Gasteiger partial charge >= 0.3 is 0 Å². The van der Waals surface area contributed by atoms with Crippen LogP contribution in [0.15, 0.2) is 9.42 Å². The van der Waals surface area contributed by atoms with Crippen LogP contribution in [0.2, 0.25) is 0 Å². The fourth-order valence-electron chi connectivity index (χ4n) is 1.05. The van der Waals surface area contributed by atoms with Gasteiger partial charge in [-0.05, 0) is 12.2 Å². The van der Waals surface area contributed by atoms with Crippen LogP contribution in [0.5, 0.6) is 0 Å². The zero-order valence-electron chi connectivity index (χ0n) is 5.46. The van der Waals surface area contributed by atoms with E-state index >= 15 is 0 Å². The lowest BCUT2D eigenvalue weighted by atomic mass is 10.2. The number of nitrogens with two attached hydrogens (primary N) is 1. The van der Waals surface area contributed by atoms with E-state index in [2.05, 4.69) is 5.16 Å². The van der Waals surface area contributed by atoms with Crippen molar-refractivity contribution in [2.75, 3.05) is 11.5 Å². The van der Waals surface area contributed by atoms with E-state index in [0.717, 1.165) is 22.8 Å². The molecule has 1 aromatic rings. The Kier molecular flexibility index (Phi) is 1.34. The normalized spacial score (nSPS) is 16.8. The van der Waals surface area contributed by atoms with Crippen LogP contribution in [0.3, 0.4) is 0 Å². The molecule has 0 fully saturated rings. The van der Waals surface area contributed by atoms with E-state index in [0.29, 0.717) is 5.82 Å². The summed E-state index contributed by atoms with van der Waals surface area (Å²) in [6, 6.07) is 0. The Morgan fingerprint density at radius 1 is 1.60 bits per heavy atom. The number of thioether (sulfide) groups is 1. The molecule has 0 aliphatic carbocycles. The van der Waals surface area contributed by atoms with Crippen LogP contribution in [0.25, 0.3) is 0 Å². The summed E-state index contributed by atoms with van der Waals surface area (Å²) in [7, 11) is 0. The van der Waals surface area contributed by atoms with Gasteiger partial charge in [-0.3, -0.25) is 0 Å². The maximum absolute atomic E-state index is 5.54. The molecule has 3 nitrogen and oxygen atoms in total. The highest BCUT2D eigenvalue weighted by atomic mass is 32.2. The monoisotopic (exact) mass is 156 g/mol. The van der Waals surface area contributed by atoms with Crippen molar-refractivity contribution in [3.05, 3.63) is 5.76 Å². The minimum Gasteiger partial charge on any atom is -0.380 e. The predicted octanol–water partition coefficient (Wildman–Crippen LogP) is 1.30. The van der Waals surface area contributed by atoms with Crippen LogP contribution in [0.4, 0.5) is 5.82 Å². The molecule has 0 spiro atoms. The maximum Gasteiger partial charge on any atom is 0.180 e. The van der Waals surface area contributed by atoms with Gasteiger partial charge in [-0.2, -0.15) is 0 Å². The lowest BCUT2D eigenvalue weighted by molar-refractivity contribution is 0.380. The molecule has 1 aliphatic heterocycles. The molecule has 2 N–H and O–H groups in total. The molecule has 54 valence electrons. The molecule has 0 bridgehead atoms. The lowest BCUT2D eigenvalue weighted by Crippen LogP contribution is -1.96. The summed E-state index contributed by atoms with van der Waals surface area (Å²) in [5.41, 5.74) is 5.54. The van der Waals surface area contributed by atoms with Gasteiger partial charge in [0.05, 0.1) is 4.90 Å². The second-order valence-corrected chi connectivity index (χ2v) is 3.38. The molecule has 0 saturated heterocycles. The third-order valence-electron chi connectivity index (χ3n) is 1.53. The van der Waals surface area contributed by atoms with Gasteiger partial charge in [-0.25, -0.2) is 0 Å². The summed E-state index contributed by atoms with van der Waals surface area (Å²) in [5, 5.41) is 3.68. The fourth-order valence-corrected chi connectivity index (χ4v) is 2.03. The summed E-state index contributed by atoms with van der Waals surface area (Å²) in [6.45, 7) is 0. The number of rotatable bonds is 0. The topological polar surface area (TPSA) is 52.0 Å². The molecular formula is C6H8N2OS. The van der Waals surface area contributed by atoms with E-state index in [1.807, 2.05) is 0 Å². The smallest absolute Gasteiger partial charge is 0.180 e. The van der Waals surface area contributed by atoms with E-state index in [1.165, 1.54) is 6.42 Å². The Bertz CT molecular complexity index is 246. The zero-order chi connectivity index (χ0) is 6.97. The first-order valence-corrected chi connectivity index (χ1v) is 4.23. The summed E-state index contributed by atoms with van der Waals surface area (Å²) < 4.78 is 4.99. The number of fused-ring (bicyclic) bond motifs is 1. The number of hydrogen-bond donors (Lipinski definition) is 1. The van der Waals surface area contributed by atoms with Crippen molar-refractivity contribution in [3.8, 4) is 0 Å². The average molecular weight is 156 g/mol. The molecule has 4 heteroatoms. The number of anilines is 1. The molecule has 2 rings (SSSR count). The number of hydrogen-bond acceptors (Lipinski definition) is 4. The first-order valence-electron chi connectivity index (χ1n) is 3.25. The molecule has 2 heterocycles. The summed E-state index contributed by atoms with van der Waals surface area (Å²) >= 11 is 1.74. The number of nitrogen functional groups attached to an aromatic ring is 1. The third kappa shape index (κ3) is 0.794. The van der Waals surface area contributed by atoms with Gasteiger partial charge in [0.2, 0.25) is 0 Å². The molecule has 10 heavy (non-hydrogen) atoms. The molecule has 1 aromatic heterocycles. The number of nitrogens with zero attached hydrogens (tertiary/aromatic N) is 1. The van der Waals surface area contributed by atoms with E-state index < -0.39 is 0 Å². The lowest BCUT2D eigenvalue weighted by Gasteiger charge is -2.06. The van der Waals surface area contributed by atoms with Crippen LogP contribution < -0.4 is 5.73 Å². The van der Waals surface area contributed by atoms with Crippen molar-refractivity contribution >= 4 is 17.6 Å². The van der Waals surface area contributed by atoms with Gasteiger partial charge in [0.1, 0.15) is 0 Å². The first-order chi connectivity index (χ1) is 4.88. The Hall–Kier alpha value is -0.640. The molecule has 0 amide bonds. The molecule has 0 radical (unpaired) electrons. The molecule has 0 saturated carbocycles. The second kappa shape index (κ2) is 2.20. The van der Waals surface area contributed by atoms with Gasteiger partial charge in [0.15, 0.2) is 11.6 Å². The van der Waals surface area contributed by atoms with Crippen molar-refractivity contribution in [1.29, 1.82) is 0 Å². The van der Waals surface area contributed by atoms with Gasteiger partial charge < -0.3 is 10.3 Å². The van der Waals surface area contributed by atoms with Crippen LogP contribution in [-0.2, 0) is 6.42 Å². The van der Waals surface area contributed by atoms with E-state index in [1.54, 1.807) is 11.8 Å². The highest BCUT2D eigenvalue weighted by molar-refractivity contribution is 7.99. The largest absolute Gasteiger partial charge is 0.380 e. The predicted molar refractivity (Wildman–Crippen MR) is 40.0 cm³/mol. The van der Waals surface area contributed by atoms with Crippen LogP contribution in [0, 0.1) is 0 Å². The average Bonchev–Trinajstić information content (AvgIpc) is 2.34. The van der Waals surface area contributed by atoms with Crippen molar-refractivity contribution in [1.82, 2.24) is 5.16 Å². The van der Waals surface area contributed by atoms with Crippen LogP contribution in [-0.4, -0.2) is 10.9 Å². The minimum absolute atomic E-state index is 0.555. The Morgan fingerprint density at radius 3 is 3.30 bits per heavy atom. The molecule has 0 aromatic carbocycles. The standard InChI is InChI=1S/C6H8N2OS/c7-6-5-4(9-8-6)2-1-3-10-5/h1-3H2,(H2,7,8). The van der Waals surface area contributed by atoms with Crippen LogP contribution >= 0.6 is 11.8 Å². The molecule has 1 aliphatic rings. The maximum atomic E-state index is 5.54. The Morgan fingerprint density at radius 2 is 2.50 bits per heavy atom. The third-order valence-corrected chi connectivity index (χ3v) is 2.75. The zero-order valence-corrected chi connectivity index (χ0v) is 6.28. The highest BCUT2D eigenvalue weighted by Gasteiger charge is 2.17. The summed E-state index contributed by atoms with van der Waals surface area (Å²) in [4.78, 5) is 1.06. The first kappa shape index (κ1) is 6.09. The number of aromatic nitrogens is 1. The van der Waals surface area contributed by atoms with E-state index in [-0.39, 0.29) is 0 Å². The van der Waals surface area contributed by atoms with Crippen molar-refractivity contribution in [3.63, 3.8) is 0 Å². The molecule has 0 unspecified atom stereocenters. The van der Waals surface area contributed by atoms with E-state index in [9.17, 15) is 0 Å². The Labute approximate surface area is 62.9 Å². The SMILES string of the molecule is Nc1noc2c1SCCC2. The fraction of sp³-hybridized carbons (Fsp3) is 0.500. The minimum atomic E-state index is 0.555. The second-order valence-electron chi connectivity index (χ2n) is 2.27.